The van der Waals surface area contributed by atoms with Crippen LogP contribution in [-0.4, -0.2) is 47.7 Å². The number of rotatable bonds is 12. The first-order valence-corrected chi connectivity index (χ1v) is 11.0. The summed E-state index contributed by atoms with van der Waals surface area (Å²) in [6.07, 6.45) is 2.91. The molecule has 176 valence electrons. The molecule has 1 aliphatic carbocycles. The molecule has 2 rings (SSSR count). The van der Waals surface area contributed by atoms with Crippen molar-refractivity contribution in [3.8, 4) is 0 Å². The topological polar surface area (TPSA) is 129 Å². The lowest BCUT2D eigenvalue weighted by molar-refractivity contribution is -0.135. The molecule has 1 aromatic carbocycles. The molecule has 0 spiro atoms. The third kappa shape index (κ3) is 7.74. The number of hydrogen-bond donors (Lipinski definition) is 5. The van der Waals surface area contributed by atoms with Gasteiger partial charge in [0.2, 0.25) is 11.8 Å². The summed E-state index contributed by atoms with van der Waals surface area (Å²) in [6, 6.07) is 9.22. The number of carbonyl (C=O) groups is 3. The van der Waals surface area contributed by atoms with Crippen LogP contribution in [0.25, 0.3) is 0 Å². The van der Waals surface area contributed by atoms with Crippen LogP contribution in [-0.2, 0) is 25.5 Å². The van der Waals surface area contributed by atoms with Crippen LogP contribution < -0.4 is 21.7 Å². The van der Waals surface area contributed by atoms with Gasteiger partial charge in [-0.2, -0.15) is 5.53 Å². The number of aliphatic carboxylic acids is 1. The van der Waals surface area contributed by atoms with Crippen LogP contribution in [0, 0.1) is 5.92 Å². The van der Waals surface area contributed by atoms with Gasteiger partial charge in [0, 0.05) is 19.0 Å². The van der Waals surface area contributed by atoms with Gasteiger partial charge in [-0.3, -0.25) is 15.0 Å². The number of carboxylic acid groups (broad SMARTS) is 1. The second kappa shape index (κ2) is 12.9. The zero-order valence-electron chi connectivity index (χ0n) is 18.9. The lowest BCUT2D eigenvalue weighted by atomic mass is 9.81. The third-order valence-corrected chi connectivity index (χ3v) is 5.49. The summed E-state index contributed by atoms with van der Waals surface area (Å²) < 4.78 is 6.09. The molecule has 0 saturated heterocycles. The van der Waals surface area contributed by atoms with Gasteiger partial charge in [0.25, 0.3) is 0 Å². The molecule has 0 bridgehead atoms. The highest BCUT2D eigenvalue weighted by atomic mass is 16.5. The third-order valence-electron chi connectivity index (χ3n) is 5.49. The molecule has 0 fully saturated rings. The molecular formula is C23H34N4O5. The van der Waals surface area contributed by atoms with Crippen molar-refractivity contribution in [2.45, 2.75) is 64.7 Å². The van der Waals surface area contributed by atoms with Gasteiger partial charge in [0.1, 0.15) is 0 Å². The van der Waals surface area contributed by atoms with Crippen molar-refractivity contribution >= 4 is 17.8 Å². The van der Waals surface area contributed by atoms with Crippen LogP contribution >= 0.6 is 0 Å². The van der Waals surface area contributed by atoms with E-state index < -0.39 is 29.9 Å². The van der Waals surface area contributed by atoms with Gasteiger partial charge in [-0.25, -0.2) is 10.2 Å². The van der Waals surface area contributed by atoms with Gasteiger partial charge >= 0.3 is 5.97 Å². The van der Waals surface area contributed by atoms with Gasteiger partial charge in [-0.15, -0.1) is 0 Å². The van der Waals surface area contributed by atoms with Crippen LogP contribution in [0.15, 0.2) is 42.0 Å². The number of carboxylic acids is 1. The fraction of sp³-hybridized carbons (Fsp3) is 0.522. The Kier molecular flexibility index (Phi) is 10.3. The predicted molar refractivity (Wildman–Crippen MR) is 120 cm³/mol. The zero-order chi connectivity index (χ0) is 23.5. The van der Waals surface area contributed by atoms with E-state index in [4.69, 9.17) is 4.74 Å². The van der Waals surface area contributed by atoms with E-state index in [1.807, 2.05) is 44.2 Å². The molecule has 0 heterocycles. The molecule has 0 aliphatic heterocycles. The SMILES string of the molecule is CCC(CC)O[C@@H]1C=C(C(=O)O)C[C@H](C(=O)NNNCCc2ccccc2)[C@H]1NC(C)=O. The van der Waals surface area contributed by atoms with Crippen LogP contribution in [0.2, 0.25) is 0 Å². The van der Waals surface area contributed by atoms with Gasteiger partial charge in [0.05, 0.1) is 24.2 Å². The summed E-state index contributed by atoms with van der Waals surface area (Å²) in [5.41, 5.74) is 9.43. The molecule has 1 aromatic rings. The number of carbonyl (C=O) groups excluding carboxylic acids is 2. The minimum atomic E-state index is -1.10. The maximum atomic E-state index is 12.9. The molecule has 3 atom stereocenters. The Hall–Kier alpha value is -2.75. The Morgan fingerprint density at radius 1 is 1.16 bits per heavy atom. The summed E-state index contributed by atoms with van der Waals surface area (Å²) in [5, 5.41) is 12.3. The molecule has 32 heavy (non-hydrogen) atoms. The molecule has 0 unspecified atom stereocenters. The van der Waals surface area contributed by atoms with E-state index in [0.717, 1.165) is 24.8 Å². The Morgan fingerprint density at radius 2 is 1.84 bits per heavy atom. The molecule has 0 aromatic heterocycles. The molecule has 9 heteroatoms. The number of benzene rings is 1. The Bertz CT molecular complexity index is 795. The first-order valence-electron chi connectivity index (χ1n) is 11.0. The zero-order valence-corrected chi connectivity index (χ0v) is 18.9. The largest absolute Gasteiger partial charge is 0.478 e. The van der Waals surface area contributed by atoms with E-state index in [0.29, 0.717) is 6.54 Å². The average Bonchev–Trinajstić information content (AvgIpc) is 2.78. The quantitative estimate of drug-likeness (QED) is 0.243. The molecular weight excluding hydrogens is 412 g/mol. The highest BCUT2D eigenvalue weighted by molar-refractivity contribution is 5.90. The lowest BCUT2D eigenvalue weighted by Gasteiger charge is -2.37. The molecule has 0 saturated carbocycles. The van der Waals surface area contributed by atoms with Gasteiger partial charge in [0.15, 0.2) is 0 Å². The maximum absolute atomic E-state index is 12.9. The molecule has 0 radical (unpaired) electrons. The van der Waals surface area contributed by atoms with Gasteiger partial charge in [-0.05, 0) is 37.3 Å². The highest BCUT2D eigenvalue weighted by Gasteiger charge is 2.41. The fourth-order valence-electron chi connectivity index (χ4n) is 3.73. The monoisotopic (exact) mass is 446 g/mol. The molecule has 2 amide bonds. The van der Waals surface area contributed by atoms with Crippen molar-refractivity contribution in [2.75, 3.05) is 6.54 Å². The Balaban J connectivity index is 2.04. The maximum Gasteiger partial charge on any atom is 0.331 e. The average molecular weight is 447 g/mol. The molecule has 9 nitrogen and oxygen atoms in total. The summed E-state index contributed by atoms with van der Waals surface area (Å²) in [6.45, 7) is 5.89. The van der Waals surface area contributed by atoms with E-state index in [-0.39, 0.29) is 24.0 Å². The van der Waals surface area contributed by atoms with Crippen molar-refractivity contribution in [1.29, 1.82) is 0 Å². The minimum Gasteiger partial charge on any atom is -0.478 e. The van der Waals surface area contributed by atoms with E-state index in [1.165, 1.54) is 13.0 Å². The fourth-order valence-corrected chi connectivity index (χ4v) is 3.73. The number of nitrogens with one attached hydrogen (secondary N) is 4. The van der Waals surface area contributed by atoms with Crippen LogP contribution in [0.1, 0.15) is 45.6 Å². The first kappa shape index (κ1) is 25.5. The van der Waals surface area contributed by atoms with E-state index in [2.05, 4.69) is 21.7 Å². The van der Waals surface area contributed by atoms with Crippen molar-refractivity contribution in [3.63, 3.8) is 0 Å². The minimum absolute atomic E-state index is 0.0133. The van der Waals surface area contributed by atoms with Crippen molar-refractivity contribution in [2.24, 2.45) is 5.92 Å². The number of ether oxygens (including phenoxy) is 1. The number of hydrazine groups is 2. The van der Waals surface area contributed by atoms with Crippen LogP contribution in [0.5, 0.6) is 0 Å². The summed E-state index contributed by atoms with van der Waals surface area (Å²) in [5.74, 6) is -2.65. The van der Waals surface area contributed by atoms with Crippen LogP contribution in [0.4, 0.5) is 0 Å². The van der Waals surface area contributed by atoms with Gasteiger partial charge in [-0.1, -0.05) is 44.2 Å². The second-order valence-electron chi connectivity index (χ2n) is 7.85. The van der Waals surface area contributed by atoms with E-state index >= 15 is 0 Å². The Labute approximate surface area is 188 Å². The first-order chi connectivity index (χ1) is 15.3. The normalized spacial score (nSPS) is 20.5. The molecule has 5 N–H and O–H groups in total. The van der Waals surface area contributed by atoms with Crippen molar-refractivity contribution < 1.29 is 24.2 Å². The highest BCUT2D eigenvalue weighted by Crippen LogP contribution is 2.29. The number of hydrogen-bond acceptors (Lipinski definition) is 6. The van der Waals surface area contributed by atoms with E-state index in [1.54, 1.807) is 0 Å². The van der Waals surface area contributed by atoms with Crippen molar-refractivity contribution in [3.05, 3.63) is 47.5 Å². The standard InChI is InChI=1S/C23H34N4O5/c1-4-18(5-2)32-20-14-17(23(30)31)13-19(21(20)25-15(3)28)22(29)26-27-24-12-11-16-9-7-6-8-10-16/h6-10,14,18-21,24,27H,4-5,11-13H2,1-3H3,(H,25,28)(H,26,29)(H,30,31)/t19-,20+,21+/m0/s1. The van der Waals surface area contributed by atoms with Gasteiger partial charge < -0.3 is 15.2 Å². The van der Waals surface area contributed by atoms with Crippen molar-refractivity contribution in [1.82, 2.24) is 21.7 Å². The summed E-state index contributed by atoms with van der Waals surface area (Å²) in [7, 11) is 0. The summed E-state index contributed by atoms with van der Waals surface area (Å²) >= 11 is 0. The van der Waals surface area contributed by atoms with E-state index in [9.17, 15) is 19.5 Å². The second-order valence-corrected chi connectivity index (χ2v) is 7.85. The number of amides is 2. The lowest BCUT2D eigenvalue weighted by Crippen LogP contribution is -2.58. The van der Waals surface area contributed by atoms with Crippen LogP contribution in [0.3, 0.4) is 0 Å². The molecule has 1 aliphatic rings. The predicted octanol–water partition coefficient (Wildman–Crippen LogP) is 1.46. The smallest absolute Gasteiger partial charge is 0.331 e. The summed E-state index contributed by atoms with van der Waals surface area (Å²) in [4.78, 5) is 36.4. The Morgan fingerprint density at radius 3 is 2.44 bits per heavy atom.